The Bertz CT molecular complexity index is 1800. The molecule has 2 heterocycles. The molecule has 2 aromatic heterocycles. The van der Waals surface area contributed by atoms with Crippen LogP contribution in [0.2, 0.25) is 0 Å². The van der Waals surface area contributed by atoms with Crippen molar-refractivity contribution in [3.63, 3.8) is 0 Å². The van der Waals surface area contributed by atoms with Crippen LogP contribution >= 0.6 is 0 Å². The number of aromatic nitrogens is 3. The van der Waals surface area contributed by atoms with E-state index in [1.807, 2.05) is 54.2 Å². The predicted octanol–water partition coefficient (Wildman–Crippen LogP) is 8.40. The molecule has 0 radical (unpaired) electrons. The lowest BCUT2D eigenvalue weighted by molar-refractivity contribution is 0.476. The maximum atomic E-state index is 10.5. The van der Waals surface area contributed by atoms with Crippen molar-refractivity contribution in [2.45, 2.75) is 20.8 Å². The molecule has 0 spiro atoms. The third-order valence-corrected chi connectivity index (χ3v) is 7.21. The molecule has 6 aromatic rings. The first-order valence-corrected chi connectivity index (χ1v) is 13.1. The summed E-state index contributed by atoms with van der Waals surface area (Å²) in [4.78, 5) is 12.0. The highest BCUT2D eigenvalue weighted by Gasteiger charge is 2.20. The number of aromatic hydroxyl groups is 1. The van der Waals surface area contributed by atoms with Crippen LogP contribution in [0.4, 0.5) is 17.2 Å². The number of para-hydroxylation sites is 2. The lowest BCUT2D eigenvalue weighted by Crippen LogP contribution is -2.14. The number of fused-ring (bicyclic) bond motifs is 1. The number of nitrogens with zero attached hydrogens (tertiary/aromatic N) is 4. The highest BCUT2D eigenvalue weighted by atomic mass is 16.3. The Kier molecular flexibility index (Phi) is 6.12. The molecule has 39 heavy (non-hydrogen) atoms. The minimum atomic E-state index is 0.217. The van der Waals surface area contributed by atoms with E-state index >= 15 is 0 Å². The van der Waals surface area contributed by atoms with Gasteiger partial charge >= 0.3 is 0 Å². The fraction of sp³-hybridized carbons (Fsp3) is 0.118. The van der Waals surface area contributed by atoms with Crippen molar-refractivity contribution in [2.75, 3.05) is 4.90 Å². The molecule has 1 N–H and O–H groups in total. The Morgan fingerprint density at radius 3 is 2.21 bits per heavy atom. The maximum Gasteiger partial charge on any atom is 0.144 e. The fourth-order valence-electron chi connectivity index (χ4n) is 5.55. The topological polar surface area (TPSA) is 54.2 Å². The SMILES string of the molecule is Cc1cc(C)c(N(c2cccc(-c3cccc4c3nc(-c3ccccc3O)n4C)c2)c2ccccn2)c(C)c1. The Morgan fingerprint density at radius 1 is 0.744 bits per heavy atom. The first kappa shape index (κ1) is 24.4. The zero-order valence-electron chi connectivity index (χ0n) is 22.6. The van der Waals surface area contributed by atoms with Crippen molar-refractivity contribution in [3.05, 3.63) is 120 Å². The van der Waals surface area contributed by atoms with E-state index in [0.29, 0.717) is 5.56 Å². The van der Waals surface area contributed by atoms with E-state index < -0.39 is 0 Å². The second kappa shape index (κ2) is 9.76. The van der Waals surface area contributed by atoms with E-state index in [2.05, 4.69) is 80.3 Å². The molecule has 0 saturated carbocycles. The van der Waals surface area contributed by atoms with Crippen LogP contribution < -0.4 is 4.90 Å². The lowest BCUT2D eigenvalue weighted by Gasteiger charge is -2.28. The molecule has 0 aliphatic carbocycles. The van der Waals surface area contributed by atoms with Gasteiger partial charge in [-0.3, -0.25) is 4.90 Å². The van der Waals surface area contributed by atoms with E-state index in [9.17, 15) is 5.11 Å². The number of imidazole rings is 1. The van der Waals surface area contributed by atoms with Gasteiger partial charge in [-0.2, -0.15) is 0 Å². The summed E-state index contributed by atoms with van der Waals surface area (Å²) in [5.74, 6) is 1.81. The van der Waals surface area contributed by atoms with Crippen LogP contribution in [0.1, 0.15) is 16.7 Å². The third-order valence-electron chi connectivity index (χ3n) is 7.21. The molecule has 6 rings (SSSR count). The van der Waals surface area contributed by atoms with Gasteiger partial charge in [-0.05, 0) is 79.9 Å². The van der Waals surface area contributed by atoms with Gasteiger partial charge in [0.15, 0.2) is 0 Å². The predicted molar refractivity (Wildman–Crippen MR) is 160 cm³/mol. The van der Waals surface area contributed by atoms with Gasteiger partial charge in [0.1, 0.15) is 17.4 Å². The van der Waals surface area contributed by atoms with E-state index in [0.717, 1.165) is 45.2 Å². The molecule has 192 valence electrons. The number of phenols is 1. The molecule has 0 fully saturated rings. The van der Waals surface area contributed by atoms with Crippen LogP contribution in [0.5, 0.6) is 5.75 Å². The minimum absolute atomic E-state index is 0.217. The van der Waals surface area contributed by atoms with Crippen molar-refractivity contribution >= 4 is 28.2 Å². The van der Waals surface area contributed by atoms with Crippen LogP contribution in [0.15, 0.2) is 103 Å². The van der Waals surface area contributed by atoms with Crippen molar-refractivity contribution < 1.29 is 5.11 Å². The number of hydrogen-bond acceptors (Lipinski definition) is 4. The number of rotatable bonds is 5. The van der Waals surface area contributed by atoms with E-state index in [1.165, 1.54) is 16.7 Å². The molecule has 0 unspecified atom stereocenters. The van der Waals surface area contributed by atoms with Gasteiger partial charge in [0, 0.05) is 24.5 Å². The van der Waals surface area contributed by atoms with Crippen molar-refractivity contribution in [2.24, 2.45) is 7.05 Å². The normalized spacial score (nSPS) is 11.2. The van der Waals surface area contributed by atoms with Crippen molar-refractivity contribution in [1.29, 1.82) is 0 Å². The average molecular weight is 511 g/mol. The fourth-order valence-corrected chi connectivity index (χ4v) is 5.55. The summed E-state index contributed by atoms with van der Waals surface area (Å²) in [5, 5.41) is 10.5. The summed E-state index contributed by atoms with van der Waals surface area (Å²) in [6, 6.07) is 32.6. The van der Waals surface area contributed by atoms with Gasteiger partial charge in [0.05, 0.1) is 22.3 Å². The van der Waals surface area contributed by atoms with E-state index in [4.69, 9.17) is 9.97 Å². The number of benzene rings is 4. The Labute approximate surface area is 228 Å². The number of anilines is 3. The molecule has 0 bridgehead atoms. The lowest BCUT2D eigenvalue weighted by atomic mass is 10.0. The van der Waals surface area contributed by atoms with Gasteiger partial charge in [0.2, 0.25) is 0 Å². The second-order valence-electron chi connectivity index (χ2n) is 10.0. The van der Waals surface area contributed by atoms with Gasteiger partial charge in [-0.25, -0.2) is 9.97 Å². The molecule has 5 nitrogen and oxygen atoms in total. The summed E-state index contributed by atoms with van der Waals surface area (Å²) >= 11 is 0. The third kappa shape index (κ3) is 4.32. The number of phenolic OH excluding ortho intramolecular Hbond substituents is 1. The molecule has 5 heteroatoms. The van der Waals surface area contributed by atoms with Crippen LogP contribution in [0.25, 0.3) is 33.5 Å². The van der Waals surface area contributed by atoms with Crippen LogP contribution in [0.3, 0.4) is 0 Å². The largest absolute Gasteiger partial charge is 0.507 e. The minimum Gasteiger partial charge on any atom is -0.507 e. The molecule has 0 aliphatic heterocycles. The van der Waals surface area contributed by atoms with Gasteiger partial charge in [-0.15, -0.1) is 0 Å². The van der Waals surface area contributed by atoms with Gasteiger partial charge in [-0.1, -0.05) is 60.2 Å². The van der Waals surface area contributed by atoms with Crippen LogP contribution in [0, 0.1) is 20.8 Å². The summed E-state index contributed by atoms with van der Waals surface area (Å²) < 4.78 is 2.04. The quantitative estimate of drug-likeness (QED) is 0.253. The van der Waals surface area contributed by atoms with Gasteiger partial charge < -0.3 is 9.67 Å². The first-order chi connectivity index (χ1) is 18.9. The molecule has 0 aliphatic rings. The maximum absolute atomic E-state index is 10.5. The summed E-state index contributed by atoms with van der Waals surface area (Å²) in [6.45, 7) is 6.45. The van der Waals surface area contributed by atoms with Crippen LogP contribution in [-0.4, -0.2) is 19.6 Å². The Morgan fingerprint density at radius 2 is 1.46 bits per heavy atom. The monoisotopic (exact) mass is 510 g/mol. The first-order valence-electron chi connectivity index (χ1n) is 13.1. The number of aryl methyl sites for hydroxylation is 4. The van der Waals surface area contributed by atoms with Crippen LogP contribution in [-0.2, 0) is 7.05 Å². The standard InChI is InChI=1S/C34H30N4O/c1-22-19-23(2)33(24(3)20-22)38(31-17-7-8-18-35-31)26-12-9-11-25(21-26)27-14-10-15-29-32(27)36-34(37(29)4)28-13-5-6-16-30(28)39/h5-21,39H,1-4H3. The highest BCUT2D eigenvalue weighted by Crippen LogP contribution is 2.40. The Balaban J connectivity index is 1.54. The van der Waals surface area contributed by atoms with Gasteiger partial charge in [0.25, 0.3) is 0 Å². The zero-order chi connectivity index (χ0) is 27.1. The van der Waals surface area contributed by atoms with E-state index in [1.54, 1.807) is 6.07 Å². The highest BCUT2D eigenvalue weighted by molar-refractivity contribution is 5.95. The average Bonchev–Trinajstić information content (AvgIpc) is 3.27. The molecule has 4 aromatic carbocycles. The van der Waals surface area contributed by atoms with E-state index in [-0.39, 0.29) is 5.75 Å². The Hall–Kier alpha value is -4.90. The smallest absolute Gasteiger partial charge is 0.144 e. The number of pyridine rings is 1. The summed E-state index contributed by atoms with van der Waals surface area (Å²) in [5.41, 5.74) is 10.5. The zero-order valence-corrected chi connectivity index (χ0v) is 22.6. The summed E-state index contributed by atoms with van der Waals surface area (Å²) in [7, 11) is 1.99. The number of hydrogen-bond donors (Lipinski definition) is 1. The van der Waals surface area contributed by atoms with Crippen molar-refractivity contribution in [1.82, 2.24) is 14.5 Å². The molecular formula is C34H30N4O. The molecule has 0 atom stereocenters. The second-order valence-corrected chi connectivity index (χ2v) is 10.0. The molecule has 0 amide bonds. The molecular weight excluding hydrogens is 480 g/mol. The molecule has 0 saturated heterocycles. The van der Waals surface area contributed by atoms with Crippen molar-refractivity contribution in [3.8, 4) is 28.3 Å². The summed E-state index contributed by atoms with van der Waals surface area (Å²) in [6.07, 6.45) is 1.83.